The van der Waals surface area contributed by atoms with Crippen molar-refractivity contribution in [1.29, 1.82) is 0 Å². The lowest BCUT2D eigenvalue weighted by Crippen LogP contribution is -2.11. The highest BCUT2D eigenvalue weighted by Gasteiger charge is 2.31. The maximum absolute atomic E-state index is 15.6. The average Bonchev–Trinajstić information content (AvgIpc) is 3.67. The number of aliphatic carboxylic acids is 1. The van der Waals surface area contributed by atoms with Gasteiger partial charge in [0.2, 0.25) is 0 Å². The second kappa shape index (κ2) is 11.4. The third-order valence-electron chi connectivity index (χ3n) is 8.25. The van der Waals surface area contributed by atoms with Crippen molar-refractivity contribution in [1.82, 2.24) is 0 Å². The fourth-order valence-electron chi connectivity index (χ4n) is 5.84. The molecule has 0 radical (unpaired) electrons. The van der Waals surface area contributed by atoms with Crippen LogP contribution >= 0.6 is 0 Å². The van der Waals surface area contributed by atoms with Crippen molar-refractivity contribution in [3.63, 3.8) is 0 Å². The van der Waals surface area contributed by atoms with E-state index in [4.69, 9.17) is 9.47 Å². The molecule has 0 saturated heterocycles. The van der Waals surface area contributed by atoms with Crippen molar-refractivity contribution in [2.45, 2.75) is 64.9 Å². The lowest BCUT2D eigenvalue weighted by atomic mass is 9.79. The molecule has 1 fully saturated rings. The van der Waals surface area contributed by atoms with Crippen LogP contribution in [0.2, 0.25) is 0 Å². The first-order valence-corrected chi connectivity index (χ1v) is 14.0. The Kier molecular flexibility index (Phi) is 7.97. The molecule has 3 aromatic rings. The van der Waals surface area contributed by atoms with Gasteiger partial charge in [0.15, 0.2) is 11.6 Å². The van der Waals surface area contributed by atoms with Crippen LogP contribution < -0.4 is 9.47 Å². The summed E-state index contributed by atoms with van der Waals surface area (Å²) in [5.74, 6) is -0.989. The average molecular weight is 547 g/mol. The van der Waals surface area contributed by atoms with E-state index < -0.39 is 11.8 Å². The molecule has 0 heterocycles. The molecule has 210 valence electrons. The molecule has 0 unspecified atom stereocenters. The summed E-state index contributed by atoms with van der Waals surface area (Å²) in [6.07, 6.45) is 6.86. The Morgan fingerprint density at radius 2 is 1.85 bits per heavy atom. The van der Waals surface area contributed by atoms with Crippen LogP contribution in [0.3, 0.4) is 0 Å². The van der Waals surface area contributed by atoms with Gasteiger partial charge in [0.05, 0.1) is 13.5 Å². The lowest BCUT2D eigenvalue weighted by Gasteiger charge is -2.25. The molecule has 4 nitrogen and oxygen atoms in total. The summed E-state index contributed by atoms with van der Waals surface area (Å²) >= 11 is 0. The smallest absolute Gasteiger partial charge is 0.303 e. The minimum absolute atomic E-state index is 0.0786. The normalized spacial score (nSPS) is 16.9. The zero-order valence-electron chi connectivity index (χ0n) is 23.3. The number of rotatable bonds is 11. The number of halogens is 2. The van der Waals surface area contributed by atoms with Gasteiger partial charge in [0.25, 0.3) is 0 Å². The van der Waals surface area contributed by atoms with Gasteiger partial charge in [-0.3, -0.25) is 4.79 Å². The first-order valence-electron chi connectivity index (χ1n) is 14.0. The van der Waals surface area contributed by atoms with E-state index in [1.807, 2.05) is 18.2 Å². The minimum Gasteiger partial charge on any atom is -0.497 e. The number of carbonyl (C=O) groups is 1. The zero-order chi connectivity index (χ0) is 28.4. The van der Waals surface area contributed by atoms with E-state index >= 15 is 8.78 Å². The van der Waals surface area contributed by atoms with Crippen LogP contribution in [-0.2, 0) is 11.4 Å². The SMILES string of the molecule is COc1ccc(F)c(-c2ccc(COc3cccc([C@H](CC(=O)O)CC4CC4)c3F)cc2C2=CCCC2(C)C)c1. The summed E-state index contributed by atoms with van der Waals surface area (Å²) in [7, 11) is 1.56. The number of hydrogen-bond acceptors (Lipinski definition) is 3. The second-order valence-electron chi connectivity index (χ2n) is 11.7. The van der Waals surface area contributed by atoms with Crippen molar-refractivity contribution in [3.8, 4) is 22.6 Å². The first-order chi connectivity index (χ1) is 19.2. The maximum atomic E-state index is 15.6. The van der Waals surface area contributed by atoms with Crippen molar-refractivity contribution < 1.29 is 28.2 Å². The molecule has 2 aliphatic rings. The van der Waals surface area contributed by atoms with Gasteiger partial charge in [-0.05, 0) is 94.7 Å². The molecular weight excluding hydrogens is 510 g/mol. The standard InChI is InChI=1S/C34H36F2O4/c1-34(2)15-5-7-29(34)27-17-22(11-13-26(27)28-19-24(39-3)12-14-30(28)35)20-40-31-8-4-6-25(33(31)36)23(18-32(37)38)16-21-9-10-21/h4,6-8,11-14,17,19,21,23H,5,9-10,15-16,18,20H2,1-3H3,(H,37,38)/t23-/m0/s1. The molecule has 0 spiro atoms. The number of methoxy groups -OCH3 is 1. The predicted octanol–water partition coefficient (Wildman–Crippen LogP) is 8.78. The summed E-state index contributed by atoms with van der Waals surface area (Å²) in [5.41, 5.74) is 4.46. The number of benzene rings is 3. The van der Waals surface area contributed by atoms with Gasteiger partial charge in [-0.25, -0.2) is 8.78 Å². The quantitative estimate of drug-likeness (QED) is 0.261. The van der Waals surface area contributed by atoms with Crippen LogP contribution in [0.4, 0.5) is 8.78 Å². The Bertz CT molecular complexity index is 1440. The summed E-state index contributed by atoms with van der Waals surface area (Å²) < 4.78 is 42.0. The Morgan fingerprint density at radius 3 is 2.52 bits per heavy atom. The number of hydrogen-bond donors (Lipinski definition) is 1. The summed E-state index contributed by atoms with van der Waals surface area (Å²) in [6, 6.07) is 15.5. The predicted molar refractivity (Wildman–Crippen MR) is 152 cm³/mol. The zero-order valence-corrected chi connectivity index (χ0v) is 23.3. The monoisotopic (exact) mass is 546 g/mol. The van der Waals surface area contributed by atoms with Gasteiger partial charge in [-0.1, -0.05) is 57.0 Å². The summed E-state index contributed by atoms with van der Waals surface area (Å²) in [6.45, 7) is 4.50. The molecule has 0 aromatic heterocycles. The van der Waals surface area contributed by atoms with Crippen molar-refractivity contribution in [2.24, 2.45) is 11.3 Å². The number of carboxylic acid groups (broad SMARTS) is 1. The van der Waals surface area contributed by atoms with E-state index in [9.17, 15) is 9.90 Å². The third-order valence-corrected chi connectivity index (χ3v) is 8.25. The number of ether oxygens (including phenoxy) is 2. The van der Waals surface area contributed by atoms with E-state index in [0.717, 1.165) is 47.9 Å². The van der Waals surface area contributed by atoms with Gasteiger partial charge in [-0.2, -0.15) is 0 Å². The van der Waals surface area contributed by atoms with Gasteiger partial charge < -0.3 is 14.6 Å². The van der Waals surface area contributed by atoms with Gasteiger partial charge in [-0.15, -0.1) is 0 Å². The fraction of sp³-hybridized carbons (Fsp3) is 0.382. The molecule has 6 heteroatoms. The fourth-order valence-corrected chi connectivity index (χ4v) is 5.84. The molecule has 0 bridgehead atoms. The van der Waals surface area contributed by atoms with Crippen molar-refractivity contribution in [3.05, 3.63) is 89.0 Å². The van der Waals surface area contributed by atoms with Gasteiger partial charge in [0.1, 0.15) is 18.2 Å². The second-order valence-corrected chi connectivity index (χ2v) is 11.7. The van der Waals surface area contributed by atoms with E-state index in [2.05, 4.69) is 19.9 Å². The molecule has 1 saturated carbocycles. The van der Waals surface area contributed by atoms with E-state index in [1.165, 1.54) is 6.07 Å². The Labute approximate surface area is 234 Å². The largest absolute Gasteiger partial charge is 0.497 e. The molecule has 2 aliphatic carbocycles. The van der Waals surface area contributed by atoms with Crippen LogP contribution in [0, 0.1) is 23.0 Å². The topological polar surface area (TPSA) is 55.8 Å². The highest BCUT2D eigenvalue weighted by atomic mass is 19.1. The molecule has 0 amide bonds. The summed E-state index contributed by atoms with van der Waals surface area (Å²) in [4.78, 5) is 11.5. The summed E-state index contributed by atoms with van der Waals surface area (Å²) in [5, 5.41) is 9.41. The molecule has 1 N–H and O–H groups in total. The molecule has 40 heavy (non-hydrogen) atoms. The minimum atomic E-state index is -0.930. The lowest BCUT2D eigenvalue weighted by molar-refractivity contribution is -0.137. The molecule has 3 aromatic carbocycles. The Balaban J connectivity index is 1.45. The van der Waals surface area contributed by atoms with Crippen LogP contribution in [0.25, 0.3) is 16.7 Å². The highest BCUT2D eigenvalue weighted by molar-refractivity contribution is 5.85. The molecule has 0 aliphatic heterocycles. The van der Waals surface area contributed by atoms with E-state index in [1.54, 1.807) is 37.4 Å². The Morgan fingerprint density at radius 1 is 1.05 bits per heavy atom. The molecular formula is C34H36F2O4. The van der Waals surface area contributed by atoms with Crippen molar-refractivity contribution >= 4 is 11.5 Å². The van der Waals surface area contributed by atoms with Crippen LogP contribution in [0.1, 0.15) is 75.0 Å². The Hall–Kier alpha value is -3.67. The van der Waals surface area contributed by atoms with Crippen LogP contribution in [-0.4, -0.2) is 18.2 Å². The van der Waals surface area contributed by atoms with Crippen LogP contribution in [0.15, 0.2) is 60.7 Å². The highest BCUT2D eigenvalue weighted by Crippen LogP contribution is 2.47. The van der Waals surface area contributed by atoms with Crippen LogP contribution in [0.5, 0.6) is 11.5 Å². The van der Waals surface area contributed by atoms with Gasteiger partial charge in [0, 0.05) is 5.56 Å². The number of carboxylic acids is 1. The first kappa shape index (κ1) is 27.9. The third kappa shape index (κ3) is 6.06. The molecule has 5 rings (SSSR count). The van der Waals surface area contributed by atoms with Crippen molar-refractivity contribution in [2.75, 3.05) is 7.11 Å². The van der Waals surface area contributed by atoms with E-state index in [-0.39, 0.29) is 35.9 Å². The molecule has 1 atom stereocenters. The number of allylic oxidation sites excluding steroid dienone is 2. The maximum Gasteiger partial charge on any atom is 0.303 e. The van der Waals surface area contributed by atoms with E-state index in [0.29, 0.717) is 29.2 Å². The van der Waals surface area contributed by atoms with Gasteiger partial charge >= 0.3 is 5.97 Å².